The molecule has 0 spiro atoms. The van der Waals surface area contributed by atoms with Crippen molar-refractivity contribution in [1.29, 1.82) is 0 Å². The van der Waals surface area contributed by atoms with Crippen LogP contribution in [0.4, 0.5) is 5.69 Å². The van der Waals surface area contributed by atoms with Gasteiger partial charge in [-0.2, -0.15) is 0 Å². The van der Waals surface area contributed by atoms with Gasteiger partial charge in [-0.3, -0.25) is 24.3 Å². The number of rotatable bonds is 5. The van der Waals surface area contributed by atoms with Crippen LogP contribution in [-0.2, 0) is 9.53 Å². The molecule has 2 aliphatic heterocycles. The summed E-state index contributed by atoms with van der Waals surface area (Å²) in [5.41, 5.74) is 6.86. The number of fused-ring (bicyclic) bond motifs is 4. The van der Waals surface area contributed by atoms with E-state index < -0.39 is 12.0 Å². The number of para-hydroxylation sites is 1. The number of esters is 1. The number of imidazole rings is 1. The highest BCUT2D eigenvalue weighted by Crippen LogP contribution is 2.40. The molecule has 8 nitrogen and oxygen atoms in total. The second kappa shape index (κ2) is 10.4. The number of aryl methyl sites for hydroxylation is 1. The summed E-state index contributed by atoms with van der Waals surface area (Å²) >= 11 is 3.64. The van der Waals surface area contributed by atoms with Crippen LogP contribution in [0.25, 0.3) is 5.69 Å². The number of pyridine rings is 1. The number of ether oxygens (including phenoxy) is 1. The van der Waals surface area contributed by atoms with E-state index >= 15 is 0 Å². The highest BCUT2D eigenvalue weighted by molar-refractivity contribution is 9.10. The zero-order valence-electron chi connectivity index (χ0n) is 21.4. The smallest absolute Gasteiger partial charge is 0.306 e. The Morgan fingerprint density at radius 2 is 1.97 bits per heavy atom. The van der Waals surface area contributed by atoms with Crippen molar-refractivity contribution in [3.63, 3.8) is 0 Å². The van der Waals surface area contributed by atoms with Gasteiger partial charge in [-0.15, -0.1) is 0 Å². The first-order chi connectivity index (χ1) is 19.0. The van der Waals surface area contributed by atoms with Crippen molar-refractivity contribution in [1.82, 2.24) is 14.5 Å². The molecular formula is C30H25BrN6O2. The predicted molar refractivity (Wildman–Crippen MR) is 154 cm³/mol. The van der Waals surface area contributed by atoms with E-state index in [0.29, 0.717) is 0 Å². The molecule has 2 atom stereocenters. The first-order valence-corrected chi connectivity index (χ1v) is 13.3. The molecule has 9 heteroatoms. The molecule has 1 N–H and O–H groups in total. The number of methoxy groups -OCH3 is 1. The van der Waals surface area contributed by atoms with Gasteiger partial charge in [-0.1, -0.05) is 40.2 Å². The summed E-state index contributed by atoms with van der Waals surface area (Å²) in [6.07, 6.45) is 7.23. The topological polar surface area (TPSA) is 93.8 Å². The predicted octanol–water partition coefficient (Wildman–Crippen LogP) is 5.80. The van der Waals surface area contributed by atoms with Crippen LogP contribution in [0, 0.1) is 12.8 Å². The maximum atomic E-state index is 12.8. The zero-order chi connectivity index (χ0) is 26.9. The van der Waals surface area contributed by atoms with Crippen molar-refractivity contribution in [2.75, 3.05) is 12.4 Å². The van der Waals surface area contributed by atoms with Gasteiger partial charge in [0.25, 0.3) is 0 Å². The Balaban J connectivity index is 1.59. The average Bonchev–Trinajstić information content (AvgIpc) is 3.13. The summed E-state index contributed by atoms with van der Waals surface area (Å²) in [6.45, 7) is 2.02. The summed E-state index contributed by atoms with van der Waals surface area (Å²) in [5, 5.41) is 3.53. The molecule has 0 saturated carbocycles. The quantitative estimate of drug-likeness (QED) is 0.301. The fourth-order valence-electron chi connectivity index (χ4n) is 5.07. The molecule has 1 unspecified atom stereocenters. The van der Waals surface area contributed by atoms with Crippen LogP contribution in [0.1, 0.15) is 40.8 Å². The first-order valence-electron chi connectivity index (χ1n) is 12.5. The highest BCUT2D eigenvalue weighted by Gasteiger charge is 2.37. The maximum absolute atomic E-state index is 12.8. The van der Waals surface area contributed by atoms with Crippen molar-refractivity contribution in [2.45, 2.75) is 19.4 Å². The number of anilines is 1. The van der Waals surface area contributed by atoms with Gasteiger partial charge < -0.3 is 10.1 Å². The minimum absolute atomic E-state index is 0.0721. The normalized spacial score (nSPS) is 16.3. The van der Waals surface area contributed by atoms with Crippen molar-refractivity contribution in [2.24, 2.45) is 15.9 Å². The molecule has 39 heavy (non-hydrogen) atoms. The molecule has 194 valence electrons. The Bertz CT molecular complexity index is 1660. The van der Waals surface area contributed by atoms with Gasteiger partial charge >= 0.3 is 5.97 Å². The molecule has 2 aromatic heterocycles. The Morgan fingerprint density at radius 1 is 1.13 bits per heavy atom. The van der Waals surface area contributed by atoms with Crippen LogP contribution in [0.5, 0.6) is 0 Å². The summed E-state index contributed by atoms with van der Waals surface area (Å²) in [6, 6.07) is 19.2. The number of carbonyl (C=O) groups is 1. The van der Waals surface area contributed by atoms with Crippen molar-refractivity contribution in [3.05, 3.63) is 118 Å². The number of hydrogen-bond acceptors (Lipinski definition) is 7. The third-order valence-electron chi connectivity index (χ3n) is 6.92. The van der Waals surface area contributed by atoms with Gasteiger partial charge in [0.2, 0.25) is 0 Å². The number of hydrogen-bond donors (Lipinski definition) is 1. The largest absolute Gasteiger partial charge is 0.469 e. The molecule has 0 radical (unpaired) electrons. The van der Waals surface area contributed by atoms with E-state index in [9.17, 15) is 4.79 Å². The molecular weight excluding hydrogens is 556 g/mol. The van der Waals surface area contributed by atoms with Gasteiger partial charge in [-0.05, 0) is 43.3 Å². The van der Waals surface area contributed by atoms with E-state index in [4.69, 9.17) is 14.7 Å². The van der Waals surface area contributed by atoms with Gasteiger partial charge in [0, 0.05) is 63.4 Å². The molecule has 4 heterocycles. The highest BCUT2D eigenvalue weighted by atomic mass is 79.9. The first kappa shape index (κ1) is 24.9. The van der Waals surface area contributed by atoms with E-state index in [1.54, 1.807) is 18.6 Å². The third-order valence-corrected chi connectivity index (χ3v) is 7.42. The number of carbonyl (C=O) groups excluding carboxylic acids is 1. The lowest BCUT2D eigenvalue weighted by atomic mass is 9.91. The summed E-state index contributed by atoms with van der Waals surface area (Å²) in [5.74, 6) is -0.0870. The van der Waals surface area contributed by atoms with Crippen LogP contribution >= 0.6 is 15.9 Å². The Labute approximate surface area is 234 Å². The number of halogens is 1. The van der Waals surface area contributed by atoms with Gasteiger partial charge in [0.1, 0.15) is 11.9 Å². The third kappa shape index (κ3) is 4.70. The standard InChI is InChI=1S/C30H25BrN6O2/c1-18-15-34-30-29(21(14-27(38)39-2)25-17-32-16-19-7-3-4-8-23(19)35-25)36-28(24-9-5-6-12-33-24)22-13-20(31)10-11-26(22)37(18)30/h3-13,15-17,21,29,35H,14H2,1-2H3/t21?,29-/m0/s1. The summed E-state index contributed by atoms with van der Waals surface area (Å²) < 4.78 is 8.19. The number of nitrogens with one attached hydrogen (secondary N) is 1. The Hall–Kier alpha value is -4.37. The molecule has 0 bridgehead atoms. The Morgan fingerprint density at radius 3 is 2.79 bits per heavy atom. The van der Waals surface area contributed by atoms with E-state index in [1.165, 1.54) is 7.11 Å². The van der Waals surface area contributed by atoms with Crippen LogP contribution in [0.3, 0.4) is 0 Å². The Kier molecular flexibility index (Phi) is 6.66. The fourth-order valence-corrected chi connectivity index (χ4v) is 5.43. The second-order valence-electron chi connectivity index (χ2n) is 9.35. The lowest BCUT2D eigenvalue weighted by Crippen LogP contribution is -2.25. The lowest BCUT2D eigenvalue weighted by molar-refractivity contribution is -0.141. The lowest BCUT2D eigenvalue weighted by Gasteiger charge is -2.26. The minimum atomic E-state index is -0.555. The van der Waals surface area contributed by atoms with E-state index in [0.717, 1.165) is 55.6 Å². The molecule has 0 fully saturated rings. The molecule has 2 aromatic carbocycles. The van der Waals surface area contributed by atoms with Gasteiger partial charge in [0.15, 0.2) is 0 Å². The van der Waals surface area contributed by atoms with Crippen LogP contribution in [0.2, 0.25) is 0 Å². The number of aliphatic imine (C=N–C) groups is 2. The van der Waals surface area contributed by atoms with E-state index in [2.05, 4.69) is 41.9 Å². The van der Waals surface area contributed by atoms with Crippen molar-refractivity contribution < 1.29 is 9.53 Å². The van der Waals surface area contributed by atoms with Crippen molar-refractivity contribution in [3.8, 4) is 5.69 Å². The van der Waals surface area contributed by atoms with Crippen LogP contribution < -0.4 is 5.32 Å². The summed E-state index contributed by atoms with van der Waals surface area (Å²) in [7, 11) is 1.40. The molecule has 0 aliphatic carbocycles. The van der Waals surface area contributed by atoms with Gasteiger partial charge in [-0.25, -0.2) is 4.98 Å². The number of benzene rings is 2. The maximum Gasteiger partial charge on any atom is 0.306 e. The van der Waals surface area contributed by atoms with Crippen LogP contribution in [-0.4, -0.2) is 39.5 Å². The summed E-state index contributed by atoms with van der Waals surface area (Å²) in [4.78, 5) is 32.2. The minimum Gasteiger partial charge on any atom is -0.469 e. The van der Waals surface area contributed by atoms with Gasteiger partial charge in [0.05, 0.1) is 30.6 Å². The SMILES string of the molecule is COC(=O)CC(C1=CN=Cc2ccccc2N1)[C@@H]1N=C(c2ccccn2)c2cc(Br)ccc2-n2c(C)cnc21. The van der Waals surface area contributed by atoms with Crippen LogP contribution in [0.15, 0.2) is 99.4 Å². The van der Waals surface area contributed by atoms with E-state index in [-0.39, 0.29) is 12.4 Å². The van der Waals surface area contributed by atoms with Crippen molar-refractivity contribution >= 4 is 39.5 Å². The number of aromatic nitrogens is 3. The zero-order valence-corrected chi connectivity index (χ0v) is 23.0. The second-order valence-corrected chi connectivity index (χ2v) is 10.3. The fraction of sp³-hybridized carbons (Fsp3) is 0.167. The monoisotopic (exact) mass is 580 g/mol. The van der Waals surface area contributed by atoms with E-state index in [1.807, 2.05) is 67.7 Å². The molecule has 4 aromatic rings. The molecule has 0 amide bonds. The molecule has 0 saturated heterocycles. The average molecular weight is 581 g/mol. The molecule has 2 aliphatic rings. The number of nitrogens with zero attached hydrogens (tertiary/aromatic N) is 5. The molecule has 6 rings (SSSR count).